The summed E-state index contributed by atoms with van der Waals surface area (Å²) >= 11 is 0. The zero-order chi connectivity index (χ0) is 14.3. The van der Waals surface area contributed by atoms with Crippen LogP contribution in [0.4, 0.5) is 4.39 Å². The molecule has 2 heterocycles. The molecule has 0 saturated heterocycles. The highest BCUT2D eigenvalue weighted by Gasteiger charge is 2.30. The van der Waals surface area contributed by atoms with Crippen molar-refractivity contribution in [3.63, 3.8) is 0 Å². The predicted molar refractivity (Wildman–Crippen MR) is 69.3 cm³/mol. The highest BCUT2D eigenvalue weighted by Crippen LogP contribution is 2.34. The average molecular weight is 276 g/mol. The van der Waals surface area contributed by atoms with Gasteiger partial charge in [0.2, 0.25) is 5.88 Å². The van der Waals surface area contributed by atoms with E-state index in [0.29, 0.717) is 6.54 Å². The van der Waals surface area contributed by atoms with Gasteiger partial charge >= 0.3 is 5.97 Å². The molecule has 0 radical (unpaired) electrons. The highest BCUT2D eigenvalue weighted by molar-refractivity contribution is 5.97. The van der Waals surface area contributed by atoms with Crippen molar-refractivity contribution in [1.82, 2.24) is 9.78 Å². The summed E-state index contributed by atoms with van der Waals surface area (Å²) in [7, 11) is 0. The molecule has 0 saturated carbocycles. The second-order valence-corrected chi connectivity index (χ2v) is 4.75. The van der Waals surface area contributed by atoms with Crippen molar-refractivity contribution in [2.24, 2.45) is 0 Å². The number of halogens is 1. The van der Waals surface area contributed by atoms with Crippen molar-refractivity contribution in [3.8, 4) is 17.1 Å². The summed E-state index contributed by atoms with van der Waals surface area (Å²) in [6, 6.07) is 5.99. The van der Waals surface area contributed by atoms with Gasteiger partial charge in [-0.2, -0.15) is 5.10 Å². The van der Waals surface area contributed by atoms with Gasteiger partial charge in [-0.15, -0.1) is 0 Å². The molecular weight excluding hydrogens is 263 g/mol. The first-order valence-corrected chi connectivity index (χ1v) is 6.33. The van der Waals surface area contributed by atoms with E-state index in [1.807, 2.05) is 6.92 Å². The zero-order valence-corrected chi connectivity index (χ0v) is 10.8. The third kappa shape index (κ3) is 1.93. The number of carboxylic acid groups (broad SMARTS) is 1. The van der Waals surface area contributed by atoms with E-state index in [0.717, 1.165) is 6.42 Å². The van der Waals surface area contributed by atoms with Gasteiger partial charge in [-0.25, -0.2) is 13.9 Å². The molecule has 0 amide bonds. The van der Waals surface area contributed by atoms with Crippen molar-refractivity contribution in [2.45, 2.75) is 26.0 Å². The summed E-state index contributed by atoms with van der Waals surface area (Å²) in [5.74, 6) is -1.47. The molecule has 0 unspecified atom stereocenters. The van der Waals surface area contributed by atoms with E-state index in [1.54, 1.807) is 12.1 Å². The Bertz CT molecular complexity index is 681. The maximum absolute atomic E-state index is 13.9. The van der Waals surface area contributed by atoms with Crippen LogP contribution in [0.15, 0.2) is 24.3 Å². The maximum atomic E-state index is 13.9. The van der Waals surface area contributed by atoms with Gasteiger partial charge in [0.25, 0.3) is 0 Å². The number of rotatable bonds is 2. The molecule has 0 aliphatic carbocycles. The van der Waals surface area contributed by atoms with Crippen molar-refractivity contribution in [2.75, 3.05) is 0 Å². The van der Waals surface area contributed by atoms with Crippen molar-refractivity contribution < 1.29 is 19.0 Å². The Morgan fingerprint density at radius 1 is 1.50 bits per heavy atom. The fourth-order valence-corrected chi connectivity index (χ4v) is 2.31. The van der Waals surface area contributed by atoms with Crippen molar-refractivity contribution >= 4 is 5.97 Å². The SMILES string of the molecule is C[C@H]1CCn2nc(-c3ccccc3F)c(C(=O)O)c2O1. The van der Waals surface area contributed by atoms with Crippen molar-refractivity contribution in [1.29, 1.82) is 0 Å². The third-order valence-electron chi connectivity index (χ3n) is 3.31. The molecule has 5 nitrogen and oxygen atoms in total. The quantitative estimate of drug-likeness (QED) is 0.915. The topological polar surface area (TPSA) is 64.4 Å². The molecule has 1 aromatic carbocycles. The van der Waals surface area contributed by atoms with Crippen LogP contribution in [0.2, 0.25) is 0 Å². The molecule has 6 heteroatoms. The fourth-order valence-electron chi connectivity index (χ4n) is 2.31. The van der Waals surface area contributed by atoms with E-state index >= 15 is 0 Å². The molecule has 20 heavy (non-hydrogen) atoms. The Hall–Kier alpha value is -2.37. The van der Waals surface area contributed by atoms with E-state index in [2.05, 4.69) is 5.10 Å². The minimum absolute atomic E-state index is 0.0780. The third-order valence-corrected chi connectivity index (χ3v) is 3.31. The van der Waals surface area contributed by atoms with Crippen LogP contribution in [0.5, 0.6) is 5.88 Å². The van der Waals surface area contributed by atoms with Crippen LogP contribution in [0, 0.1) is 5.82 Å². The Kier molecular flexibility index (Phi) is 2.93. The number of ether oxygens (including phenoxy) is 1. The largest absolute Gasteiger partial charge is 0.477 e. The number of aromatic nitrogens is 2. The average Bonchev–Trinajstić information content (AvgIpc) is 2.77. The van der Waals surface area contributed by atoms with E-state index < -0.39 is 11.8 Å². The Morgan fingerprint density at radius 3 is 2.95 bits per heavy atom. The summed E-state index contributed by atoms with van der Waals surface area (Å²) in [5, 5.41) is 13.6. The molecule has 0 fully saturated rings. The number of hydrogen-bond donors (Lipinski definition) is 1. The van der Waals surface area contributed by atoms with Gasteiger partial charge in [0.05, 0.1) is 6.10 Å². The van der Waals surface area contributed by atoms with Crippen LogP contribution in [0.3, 0.4) is 0 Å². The van der Waals surface area contributed by atoms with E-state index in [9.17, 15) is 14.3 Å². The number of hydrogen-bond acceptors (Lipinski definition) is 3. The molecule has 1 atom stereocenters. The predicted octanol–water partition coefficient (Wildman–Crippen LogP) is 2.56. The lowest BCUT2D eigenvalue weighted by atomic mass is 10.1. The fraction of sp³-hybridized carbons (Fsp3) is 0.286. The molecule has 1 N–H and O–H groups in total. The lowest BCUT2D eigenvalue weighted by Gasteiger charge is -2.21. The highest BCUT2D eigenvalue weighted by atomic mass is 19.1. The summed E-state index contributed by atoms with van der Waals surface area (Å²) < 4.78 is 20.9. The number of carboxylic acids is 1. The van der Waals surface area contributed by atoms with Crippen molar-refractivity contribution in [3.05, 3.63) is 35.6 Å². The minimum Gasteiger partial charge on any atom is -0.477 e. The second kappa shape index (κ2) is 4.63. The molecule has 3 rings (SSSR count). The monoisotopic (exact) mass is 276 g/mol. The normalized spacial score (nSPS) is 17.4. The number of nitrogens with zero attached hydrogens (tertiary/aromatic N) is 2. The van der Waals surface area contributed by atoms with Crippen LogP contribution in [0.1, 0.15) is 23.7 Å². The first kappa shape index (κ1) is 12.7. The molecule has 1 aliphatic rings. The number of carbonyl (C=O) groups is 1. The Morgan fingerprint density at radius 2 is 2.25 bits per heavy atom. The van der Waals surface area contributed by atoms with Gasteiger partial charge in [0.15, 0.2) is 0 Å². The first-order chi connectivity index (χ1) is 9.58. The molecule has 0 spiro atoms. The molecular formula is C14H13FN2O3. The summed E-state index contributed by atoms with van der Waals surface area (Å²) in [6.45, 7) is 2.43. The second-order valence-electron chi connectivity index (χ2n) is 4.75. The number of benzene rings is 1. The van der Waals surface area contributed by atoms with Crippen LogP contribution in [-0.4, -0.2) is 27.0 Å². The molecule has 1 aromatic heterocycles. The van der Waals surface area contributed by atoms with Crippen LogP contribution in [-0.2, 0) is 6.54 Å². The van der Waals surface area contributed by atoms with Crippen LogP contribution in [0.25, 0.3) is 11.3 Å². The first-order valence-electron chi connectivity index (χ1n) is 6.33. The summed E-state index contributed by atoms with van der Waals surface area (Å²) in [6.07, 6.45) is 0.663. The maximum Gasteiger partial charge on any atom is 0.343 e. The Labute approximate surface area is 114 Å². The van der Waals surface area contributed by atoms with Gasteiger partial charge in [0, 0.05) is 18.5 Å². The Balaban J connectivity index is 2.22. The zero-order valence-electron chi connectivity index (χ0n) is 10.8. The lowest BCUT2D eigenvalue weighted by molar-refractivity contribution is 0.0684. The molecule has 1 aliphatic heterocycles. The standard InChI is InChI=1S/C14H13FN2O3/c1-8-6-7-17-13(20-8)11(14(18)19)12(16-17)9-4-2-3-5-10(9)15/h2-5,8H,6-7H2,1H3,(H,18,19)/t8-/m0/s1. The molecule has 2 aromatic rings. The number of aromatic carboxylic acids is 1. The van der Waals surface area contributed by atoms with E-state index in [1.165, 1.54) is 16.8 Å². The number of fused-ring (bicyclic) bond motifs is 1. The van der Waals surface area contributed by atoms with Gasteiger partial charge in [0.1, 0.15) is 17.1 Å². The van der Waals surface area contributed by atoms with Crippen LogP contribution < -0.4 is 4.74 Å². The van der Waals surface area contributed by atoms with Gasteiger partial charge < -0.3 is 9.84 Å². The van der Waals surface area contributed by atoms with E-state index in [4.69, 9.17) is 4.74 Å². The van der Waals surface area contributed by atoms with Gasteiger partial charge in [-0.1, -0.05) is 12.1 Å². The summed E-state index contributed by atoms with van der Waals surface area (Å²) in [5.41, 5.74) is 0.199. The van der Waals surface area contributed by atoms with Gasteiger partial charge in [-0.05, 0) is 19.1 Å². The molecule has 104 valence electrons. The molecule has 0 bridgehead atoms. The minimum atomic E-state index is -1.17. The lowest BCUT2D eigenvalue weighted by Crippen LogP contribution is -2.24. The van der Waals surface area contributed by atoms with E-state index in [-0.39, 0.29) is 28.8 Å². The summed E-state index contributed by atoms with van der Waals surface area (Å²) in [4.78, 5) is 11.5. The number of aryl methyl sites for hydroxylation is 1. The van der Waals surface area contributed by atoms with Gasteiger partial charge in [-0.3, -0.25) is 0 Å². The smallest absolute Gasteiger partial charge is 0.343 e. The van der Waals surface area contributed by atoms with Crippen LogP contribution >= 0.6 is 0 Å².